The lowest BCUT2D eigenvalue weighted by Gasteiger charge is -2.30. The maximum absolute atomic E-state index is 12.8. The number of hydrogen-bond acceptors (Lipinski definition) is 5. The van der Waals surface area contributed by atoms with Gasteiger partial charge in [0.1, 0.15) is 0 Å². The molecule has 1 aliphatic heterocycles. The number of nitrogens with one attached hydrogen (secondary N) is 1. The van der Waals surface area contributed by atoms with Gasteiger partial charge in [-0.1, -0.05) is 66.7 Å². The number of carbonyl (C=O) groups is 2. The molecule has 0 bridgehead atoms. The van der Waals surface area contributed by atoms with E-state index in [1.165, 1.54) is 0 Å². The van der Waals surface area contributed by atoms with Crippen LogP contribution in [0.3, 0.4) is 0 Å². The lowest BCUT2D eigenvalue weighted by Crippen LogP contribution is -2.32. The molecule has 5 nitrogen and oxygen atoms in total. The molecule has 0 unspecified atom stereocenters. The van der Waals surface area contributed by atoms with E-state index < -0.39 is 17.9 Å². The summed E-state index contributed by atoms with van der Waals surface area (Å²) in [7, 11) is 0. The molecule has 3 rings (SSSR count). The van der Waals surface area contributed by atoms with Gasteiger partial charge in [-0.25, -0.2) is 9.59 Å². The molecule has 0 aromatic heterocycles. The van der Waals surface area contributed by atoms with Crippen LogP contribution >= 0.6 is 0 Å². The van der Waals surface area contributed by atoms with E-state index in [-0.39, 0.29) is 13.2 Å². The van der Waals surface area contributed by atoms with E-state index in [0.717, 1.165) is 16.7 Å². The van der Waals surface area contributed by atoms with Gasteiger partial charge in [0.15, 0.2) is 0 Å². The topological polar surface area (TPSA) is 64.6 Å². The summed E-state index contributed by atoms with van der Waals surface area (Å²) in [5, 5.41) is 3.15. The standard InChI is InChI=1S/C27H29NO4/c1-5-31-26(29)23-18(3)28-19(4)24(27(30)32-6-2)25(23)22-16-14-21(15-17-22)13-12-20-10-8-7-9-11-20/h7-17,25,28H,5-6H2,1-4H3/b13-12+. The van der Waals surface area contributed by atoms with Gasteiger partial charge in [0.05, 0.1) is 30.3 Å². The molecule has 0 spiro atoms. The van der Waals surface area contributed by atoms with Crippen molar-refractivity contribution in [1.82, 2.24) is 5.32 Å². The Bertz CT molecular complexity index is 1020. The predicted molar refractivity (Wildman–Crippen MR) is 126 cm³/mol. The molecule has 32 heavy (non-hydrogen) atoms. The van der Waals surface area contributed by atoms with Gasteiger partial charge in [0.2, 0.25) is 0 Å². The average Bonchev–Trinajstić information content (AvgIpc) is 2.78. The molecule has 0 radical (unpaired) electrons. The van der Waals surface area contributed by atoms with Crippen molar-refractivity contribution in [2.45, 2.75) is 33.6 Å². The number of benzene rings is 2. The number of dihydropyridines is 1. The number of rotatable bonds is 7. The monoisotopic (exact) mass is 431 g/mol. The summed E-state index contributed by atoms with van der Waals surface area (Å²) in [4.78, 5) is 25.7. The van der Waals surface area contributed by atoms with Crippen LogP contribution in [0.15, 0.2) is 77.1 Å². The SMILES string of the molecule is CCOC(=O)C1=C(C)NC(C)=C(C(=O)OCC)C1c1ccc(/C=C/c2ccccc2)cc1. The quantitative estimate of drug-likeness (QED) is 0.481. The third-order valence-corrected chi connectivity index (χ3v) is 5.29. The van der Waals surface area contributed by atoms with E-state index in [4.69, 9.17) is 9.47 Å². The predicted octanol–water partition coefficient (Wildman–Crippen LogP) is 5.22. The van der Waals surface area contributed by atoms with Crippen LogP contribution < -0.4 is 5.32 Å². The fraction of sp³-hybridized carbons (Fsp3) is 0.259. The second-order valence-corrected chi connectivity index (χ2v) is 7.49. The highest BCUT2D eigenvalue weighted by molar-refractivity contribution is 5.99. The second kappa shape index (κ2) is 10.6. The minimum Gasteiger partial charge on any atom is -0.463 e. The first-order valence-corrected chi connectivity index (χ1v) is 10.8. The van der Waals surface area contributed by atoms with Crippen LogP contribution in [0.2, 0.25) is 0 Å². The van der Waals surface area contributed by atoms with Crippen molar-refractivity contribution in [1.29, 1.82) is 0 Å². The largest absolute Gasteiger partial charge is 0.463 e. The van der Waals surface area contributed by atoms with Crippen molar-refractivity contribution >= 4 is 24.1 Å². The average molecular weight is 432 g/mol. The molecule has 0 amide bonds. The van der Waals surface area contributed by atoms with Crippen LogP contribution in [0.25, 0.3) is 12.2 Å². The molecule has 0 aliphatic carbocycles. The van der Waals surface area contributed by atoms with Crippen molar-refractivity contribution in [3.8, 4) is 0 Å². The van der Waals surface area contributed by atoms with Crippen molar-refractivity contribution < 1.29 is 19.1 Å². The highest BCUT2D eigenvalue weighted by Crippen LogP contribution is 2.39. The maximum Gasteiger partial charge on any atom is 0.336 e. The zero-order valence-corrected chi connectivity index (χ0v) is 19.0. The van der Waals surface area contributed by atoms with Gasteiger partial charge in [-0.05, 0) is 44.4 Å². The summed E-state index contributed by atoms with van der Waals surface area (Å²) in [6.07, 6.45) is 4.07. The summed E-state index contributed by atoms with van der Waals surface area (Å²) >= 11 is 0. The maximum atomic E-state index is 12.8. The Morgan fingerprint density at radius 1 is 0.781 bits per heavy atom. The van der Waals surface area contributed by atoms with Gasteiger partial charge in [-0.3, -0.25) is 0 Å². The molecular weight excluding hydrogens is 402 g/mol. The minimum atomic E-state index is -0.568. The molecule has 166 valence electrons. The molecule has 2 aromatic carbocycles. The van der Waals surface area contributed by atoms with Crippen molar-refractivity contribution in [2.24, 2.45) is 0 Å². The Morgan fingerprint density at radius 2 is 1.25 bits per heavy atom. The van der Waals surface area contributed by atoms with Gasteiger partial charge >= 0.3 is 11.9 Å². The molecule has 5 heteroatoms. The molecule has 0 fully saturated rings. The summed E-state index contributed by atoms with van der Waals surface area (Å²) in [5.74, 6) is -1.45. The highest BCUT2D eigenvalue weighted by Gasteiger charge is 2.37. The van der Waals surface area contributed by atoms with Crippen LogP contribution in [-0.2, 0) is 19.1 Å². The Balaban J connectivity index is 2.00. The van der Waals surface area contributed by atoms with E-state index in [1.807, 2.05) is 80.6 Å². The molecule has 2 aromatic rings. The summed E-state index contributed by atoms with van der Waals surface area (Å²) in [5.41, 5.74) is 5.15. The number of hydrogen-bond donors (Lipinski definition) is 1. The Kier molecular flexibility index (Phi) is 7.66. The lowest BCUT2D eigenvalue weighted by atomic mass is 9.80. The normalized spacial score (nSPS) is 14.5. The van der Waals surface area contributed by atoms with Crippen LogP contribution in [0.1, 0.15) is 50.3 Å². The Hall–Kier alpha value is -3.60. The summed E-state index contributed by atoms with van der Waals surface area (Å²) in [6, 6.07) is 17.9. The zero-order valence-electron chi connectivity index (χ0n) is 19.0. The number of carbonyl (C=O) groups excluding carboxylic acids is 2. The minimum absolute atomic E-state index is 0.253. The summed E-state index contributed by atoms with van der Waals surface area (Å²) in [6.45, 7) is 7.68. The third kappa shape index (κ3) is 5.17. The van der Waals surface area contributed by atoms with Crippen molar-refractivity contribution in [3.05, 3.63) is 93.8 Å². The highest BCUT2D eigenvalue weighted by atomic mass is 16.5. The van der Waals surface area contributed by atoms with Gasteiger partial charge in [-0.2, -0.15) is 0 Å². The molecule has 1 heterocycles. The lowest BCUT2D eigenvalue weighted by molar-refractivity contribution is -0.139. The van der Waals surface area contributed by atoms with Gasteiger partial charge in [-0.15, -0.1) is 0 Å². The number of esters is 2. The van der Waals surface area contributed by atoms with Crippen LogP contribution in [-0.4, -0.2) is 25.2 Å². The molecule has 0 atom stereocenters. The fourth-order valence-corrected chi connectivity index (χ4v) is 3.84. The molecular formula is C27H29NO4. The van der Waals surface area contributed by atoms with Gasteiger partial charge in [0.25, 0.3) is 0 Å². The Morgan fingerprint density at radius 3 is 1.72 bits per heavy atom. The van der Waals surface area contributed by atoms with Crippen molar-refractivity contribution in [2.75, 3.05) is 13.2 Å². The van der Waals surface area contributed by atoms with Crippen LogP contribution in [0.5, 0.6) is 0 Å². The zero-order chi connectivity index (χ0) is 23.1. The van der Waals surface area contributed by atoms with Crippen LogP contribution in [0, 0.1) is 0 Å². The first kappa shape index (κ1) is 23.1. The van der Waals surface area contributed by atoms with E-state index in [1.54, 1.807) is 13.8 Å². The van der Waals surface area contributed by atoms with E-state index in [9.17, 15) is 9.59 Å². The molecule has 0 saturated carbocycles. The smallest absolute Gasteiger partial charge is 0.336 e. The first-order valence-electron chi connectivity index (χ1n) is 10.8. The number of ether oxygens (including phenoxy) is 2. The molecule has 1 N–H and O–H groups in total. The Labute approximate surface area is 189 Å². The van der Waals surface area contributed by atoms with Gasteiger partial charge in [0, 0.05) is 11.4 Å². The van der Waals surface area contributed by atoms with E-state index >= 15 is 0 Å². The fourth-order valence-electron chi connectivity index (χ4n) is 3.84. The first-order chi connectivity index (χ1) is 15.5. The van der Waals surface area contributed by atoms with E-state index in [2.05, 4.69) is 5.32 Å². The van der Waals surface area contributed by atoms with Gasteiger partial charge < -0.3 is 14.8 Å². The van der Waals surface area contributed by atoms with Crippen LogP contribution in [0.4, 0.5) is 0 Å². The third-order valence-electron chi connectivity index (χ3n) is 5.29. The van der Waals surface area contributed by atoms with E-state index in [0.29, 0.717) is 22.5 Å². The van der Waals surface area contributed by atoms with Crippen molar-refractivity contribution in [3.63, 3.8) is 0 Å². The molecule has 1 aliphatic rings. The molecule has 0 saturated heterocycles. The number of allylic oxidation sites excluding steroid dienone is 2. The summed E-state index contributed by atoms with van der Waals surface area (Å²) < 4.78 is 10.6. The second-order valence-electron chi connectivity index (χ2n) is 7.49.